The van der Waals surface area contributed by atoms with Crippen LogP contribution in [0.4, 0.5) is 0 Å². The van der Waals surface area contributed by atoms with Crippen molar-refractivity contribution >= 4 is 26.9 Å². The summed E-state index contributed by atoms with van der Waals surface area (Å²) in [6.45, 7) is 1.22. The molecule has 1 aromatic heterocycles. The maximum Gasteiger partial charge on any atom is 0.320 e. The normalized spacial score (nSPS) is 17.9. The van der Waals surface area contributed by atoms with Crippen LogP contribution in [0.5, 0.6) is 0 Å². The number of carboxylic acid groups (broad SMARTS) is 1. The molecule has 4 rings (SSSR count). The van der Waals surface area contributed by atoms with Crippen LogP contribution in [-0.4, -0.2) is 41.0 Å². The van der Waals surface area contributed by atoms with E-state index in [9.17, 15) is 18.3 Å². The highest BCUT2D eigenvalue weighted by atomic mass is 32.2. The third-order valence-corrected chi connectivity index (χ3v) is 6.58. The zero-order valence-corrected chi connectivity index (χ0v) is 14.8. The van der Waals surface area contributed by atoms with E-state index in [0.29, 0.717) is 18.5 Å². The molecule has 0 radical (unpaired) electrons. The topological polar surface area (TPSA) is 79.6 Å². The number of hydrogen-bond acceptors (Lipinski definition) is 4. The van der Waals surface area contributed by atoms with Crippen molar-refractivity contribution in [3.63, 3.8) is 0 Å². The van der Waals surface area contributed by atoms with Gasteiger partial charge < -0.3 is 5.11 Å². The van der Waals surface area contributed by atoms with Gasteiger partial charge in [-0.3, -0.25) is 9.69 Å². The van der Waals surface area contributed by atoms with Gasteiger partial charge in [0.15, 0.2) is 0 Å². The fourth-order valence-corrected chi connectivity index (χ4v) is 4.76. The van der Waals surface area contributed by atoms with E-state index in [1.165, 1.54) is 3.97 Å². The predicted octanol–water partition coefficient (Wildman–Crippen LogP) is 2.54. The highest BCUT2D eigenvalue weighted by Gasteiger charge is 2.34. The minimum atomic E-state index is -3.67. The minimum absolute atomic E-state index is 0.233. The van der Waals surface area contributed by atoms with E-state index in [4.69, 9.17) is 0 Å². The van der Waals surface area contributed by atoms with Crippen molar-refractivity contribution in [2.75, 3.05) is 6.54 Å². The molecule has 0 aliphatic carbocycles. The lowest BCUT2D eigenvalue weighted by Gasteiger charge is -2.38. The molecule has 1 aliphatic rings. The van der Waals surface area contributed by atoms with Crippen molar-refractivity contribution in [2.45, 2.75) is 23.9 Å². The largest absolute Gasteiger partial charge is 0.480 e. The Kier molecular flexibility index (Phi) is 4.05. The Morgan fingerprint density at radius 1 is 1.08 bits per heavy atom. The number of aliphatic carboxylic acids is 1. The molecule has 1 fully saturated rings. The molecule has 7 heteroatoms. The number of aromatic nitrogens is 1. The van der Waals surface area contributed by atoms with Crippen LogP contribution in [0.3, 0.4) is 0 Å². The van der Waals surface area contributed by atoms with E-state index in [-0.39, 0.29) is 4.90 Å². The number of rotatable bonds is 5. The molecule has 1 aliphatic heterocycles. The van der Waals surface area contributed by atoms with Gasteiger partial charge in [0.05, 0.1) is 10.4 Å². The van der Waals surface area contributed by atoms with Gasteiger partial charge in [-0.15, -0.1) is 0 Å². The number of nitrogens with zero attached hydrogens (tertiary/aromatic N) is 2. The van der Waals surface area contributed by atoms with Gasteiger partial charge in [0.2, 0.25) is 0 Å². The van der Waals surface area contributed by atoms with Gasteiger partial charge in [0.25, 0.3) is 10.0 Å². The van der Waals surface area contributed by atoms with E-state index in [2.05, 4.69) is 0 Å². The standard InChI is InChI=1S/C19H18N2O4S/c22-19(23)18-10-11-20(18)13-14-5-4-8-17-16(14)9-12-21(17)26(24,25)15-6-2-1-3-7-15/h1-9,12,18H,10-11,13H2,(H,22,23)/t18-/m0/s1. The van der Waals surface area contributed by atoms with Gasteiger partial charge in [-0.05, 0) is 36.2 Å². The summed E-state index contributed by atoms with van der Waals surface area (Å²) in [5.74, 6) is -0.812. The molecule has 0 bridgehead atoms. The first kappa shape index (κ1) is 16.8. The molecule has 0 spiro atoms. The second kappa shape index (κ2) is 6.26. The highest BCUT2D eigenvalue weighted by Crippen LogP contribution is 2.28. The molecule has 3 aromatic rings. The van der Waals surface area contributed by atoms with Crippen LogP contribution in [0.1, 0.15) is 12.0 Å². The van der Waals surface area contributed by atoms with Gasteiger partial charge in [0, 0.05) is 24.7 Å². The first-order valence-corrected chi connectivity index (χ1v) is 9.79. The minimum Gasteiger partial charge on any atom is -0.480 e. The second-order valence-electron chi connectivity index (χ2n) is 6.39. The number of carbonyl (C=O) groups is 1. The Balaban J connectivity index is 1.73. The third kappa shape index (κ3) is 2.69. The molecular formula is C19H18N2O4S. The van der Waals surface area contributed by atoms with E-state index in [0.717, 1.165) is 17.5 Å². The molecule has 6 nitrogen and oxygen atoms in total. The molecule has 1 N–H and O–H groups in total. The van der Waals surface area contributed by atoms with Gasteiger partial charge in [-0.2, -0.15) is 0 Å². The molecule has 0 unspecified atom stereocenters. The average Bonchev–Trinajstić information content (AvgIpc) is 3.04. The third-order valence-electron chi connectivity index (χ3n) is 4.88. The molecule has 2 heterocycles. The number of benzene rings is 2. The molecule has 1 atom stereocenters. The van der Waals surface area contributed by atoms with Crippen LogP contribution in [0.25, 0.3) is 10.9 Å². The molecular weight excluding hydrogens is 352 g/mol. The molecule has 2 aromatic carbocycles. The molecule has 1 saturated heterocycles. The Bertz CT molecular complexity index is 1070. The number of fused-ring (bicyclic) bond motifs is 1. The fraction of sp³-hybridized carbons (Fsp3) is 0.211. The molecule has 0 amide bonds. The van der Waals surface area contributed by atoms with E-state index >= 15 is 0 Å². The smallest absolute Gasteiger partial charge is 0.320 e. The average molecular weight is 370 g/mol. The zero-order valence-electron chi connectivity index (χ0n) is 13.9. The summed E-state index contributed by atoms with van der Waals surface area (Å²) in [6.07, 6.45) is 2.20. The first-order valence-electron chi connectivity index (χ1n) is 8.35. The number of hydrogen-bond donors (Lipinski definition) is 1. The summed E-state index contributed by atoms with van der Waals surface area (Å²) in [5, 5.41) is 10.0. The summed E-state index contributed by atoms with van der Waals surface area (Å²) in [4.78, 5) is 13.3. The van der Waals surface area contributed by atoms with Crippen LogP contribution in [0.15, 0.2) is 65.7 Å². The van der Waals surface area contributed by atoms with E-state index in [1.54, 1.807) is 48.7 Å². The van der Waals surface area contributed by atoms with Crippen molar-refractivity contribution in [2.24, 2.45) is 0 Å². The Labute approximate surface area is 151 Å². The maximum atomic E-state index is 12.9. The van der Waals surface area contributed by atoms with Crippen molar-refractivity contribution in [3.05, 3.63) is 66.4 Å². The Morgan fingerprint density at radius 2 is 1.85 bits per heavy atom. The Hall–Kier alpha value is -2.64. The van der Waals surface area contributed by atoms with Crippen molar-refractivity contribution in [3.8, 4) is 0 Å². The van der Waals surface area contributed by atoms with Crippen LogP contribution >= 0.6 is 0 Å². The first-order chi connectivity index (χ1) is 12.5. The number of carboxylic acids is 1. The van der Waals surface area contributed by atoms with Crippen molar-refractivity contribution in [1.29, 1.82) is 0 Å². The second-order valence-corrected chi connectivity index (χ2v) is 8.21. The van der Waals surface area contributed by atoms with Crippen LogP contribution < -0.4 is 0 Å². The predicted molar refractivity (Wildman–Crippen MR) is 97.4 cm³/mol. The van der Waals surface area contributed by atoms with Crippen molar-refractivity contribution in [1.82, 2.24) is 8.87 Å². The Morgan fingerprint density at radius 3 is 2.50 bits per heavy atom. The van der Waals surface area contributed by atoms with Crippen molar-refractivity contribution < 1.29 is 18.3 Å². The summed E-state index contributed by atoms with van der Waals surface area (Å²) < 4.78 is 27.1. The van der Waals surface area contributed by atoms with E-state index in [1.807, 2.05) is 17.0 Å². The summed E-state index contributed by atoms with van der Waals surface area (Å²) >= 11 is 0. The molecule has 0 saturated carbocycles. The van der Waals surface area contributed by atoms with Crippen LogP contribution in [0.2, 0.25) is 0 Å². The zero-order chi connectivity index (χ0) is 18.3. The molecule has 134 valence electrons. The SMILES string of the molecule is O=C(O)[C@@H]1CCN1Cc1cccc2c1ccn2S(=O)(=O)c1ccccc1. The fourth-order valence-electron chi connectivity index (χ4n) is 3.39. The van der Waals surface area contributed by atoms with E-state index < -0.39 is 22.0 Å². The number of likely N-dealkylation sites (tertiary alicyclic amines) is 1. The maximum absolute atomic E-state index is 12.9. The summed E-state index contributed by atoms with van der Waals surface area (Å²) in [5.41, 5.74) is 1.52. The van der Waals surface area contributed by atoms with Gasteiger partial charge >= 0.3 is 5.97 Å². The summed E-state index contributed by atoms with van der Waals surface area (Å²) in [6, 6.07) is 15.1. The lowest BCUT2D eigenvalue weighted by molar-refractivity contribution is -0.148. The lowest BCUT2D eigenvalue weighted by atomic mass is 10.0. The van der Waals surface area contributed by atoms with Crippen LogP contribution in [0, 0.1) is 0 Å². The van der Waals surface area contributed by atoms with Gasteiger partial charge in [-0.1, -0.05) is 30.3 Å². The molecule has 26 heavy (non-hydrogen) atoms. The summed E-state index contributed by atoms with van der Waals surface area (Å²) in [7, 11) is -3.67. The van der Waals surface area contributed by atoms with Gasteiger partial charge in [0.1, 0.15) is 6.04 Å². The lowest BCUT2D eigenvalue weighted by Crippen LogP contribution is -2.51. The monoisotopic (exact) mass is 370 g/mol. The van der Waals surface area contributed by atoms with Gasteiger partial charge in [-0.25, -0.2) is 12.4 Å². The quantitative estimate of drug-likeness (QED) is 0.747. The van der Waals surface area contributed by atoms with Crippen LogP contribution in [-0.2, 0) is 21.4 Å². The highest BCUT2D eigenvalue weighted by molar-refractivity contribution is 7.90.